The minimum Gasteiger partial charge on any atom is -0.300 e. The summed E-state index contributed by atoms with van der Waals surface area (Å²) in [6, 6.07) is 1.80. The van der Waals surface area contributed by atoms with Crippen LogP contribution in [0.2, 0.25) is 0 Å². The summed E-state index contributed by atoms with van der Waals surface area (Å²) in [7, 11) is 0. The van der Waals surface area contributed by atoms with E-state index < -0.39 is 11.4 Å². The quantitative estimate of drug-likeness (QED) is 0.550. The zero-order valence-corrected chi connectivity index (χ0v) is 15.7. The molecule has 0 saturated heterocycles. The number of Topliss-reactive ketones (excluding diaryl/α,β-unsaturated/α-hetero) is 2. The molecular weight excluding hydrogens is 320 g/mol. The van der Waals surface area contributed by atoms with Crippen molar-refractivity contribution in [1.29, 1.82) is 0 Å². The lowest BCUT2D eigenvalue weighted by atomic mass is 9.76. The Labute approximate surface area is 148 Å². The average molecular weight is 346 g/mol. The number of carbonyl (C=O) groups excluding carboxylic acids is 3. The van der Waals surface area contributed by atoms with E-state index in [1.807, 2.05) is 20.8 Å². The molecule has 136 valence electrons. The Hall–Kier alpha value is -2.17. The van der Waals surface area contributed by atoms with Crippen LogP contribution in [0.5, 0.6) is 5.75 Å². The van der Waals surface area contributed by atoms with E-state index in [4.69, 9.17) is 9.78 Å². The van der Waals surface area contributed by atoms with Crippen molar-refractivity contribution in [1.82, 2.24) is 0 Å². The van der Waals surface area contributed by atoms with E-state index in [9.17, 15) is 14.4 Å². The maximum atomic E-state index is 13.1. The summed E-state index contributed by atoms with van der Waals surface area (Å²) in [5.74, 6) is 0.228. The van der Waals surface area contributed by atoms with E-state index in [2.05, 4.69) is 0 Å². The van der Waals surface area contributed by atoms with Crippen LogP contribution < -0.4 is 4.89 Å². The van der Waals surface area contributed by atoms with Gasteiger partial charge in [0, 0.05) is 23.8 Å². The molecule has 1 aromatic rings. The summed E-state index contributed by atoms with van der Waals surface area (Å²) in [4.78, 5) is 45.9. The van der Waals surface area contributed by atoms with E-state index in [0.29, 0.717) is 31.4 Å². The van der Waals surface area contributed by atoms with Crippen molar-refractivity contribution in [2.45, 2.75) is 66.7 Å². The van der Waals surface area contributed by atoms with Crippen LogP contribution in [0.4, 0.5) is 0 Å². The van der Waals surface area contributed by atoms with Gasteiger partial charge in [-0.3, -0.25) is 14.6 Å². The molecule has 5 nitrogen and oxygen atoms in total. The molecule has 0 amide bonds. The zero-order chi connectivity index (χ0) is 18.8. The molecule has 1 aliphatic rings. The summed E-state index contributed by atoms with van der Waals surface area (Å²) < 4.78 is 0. The fourth-order valence-corrected chi connectivity index (χ4v) is 3.43. The van der Waals surface area contributed by atoms with Gasteiger partial charge in [0.2, 0.25) is 0 Å². The monoisotopic (exact) mass is 346 g/mol. The van der Waals surface area contributed by atoms with Crippen LogP contribution in [0.25, 0.3) is 0 Å². The van der Waals surface area contributed by atoms with E-state index in [0.717, 1.165) is 22.3 Å². The van der Waals surface area contributed by atoms with Crippen molar-refractivity contribution in [2.24, 2.45) is 5.41 Å². The van der Waals surface area contributed by atoms with Gasteiger partial charge in [-0.25, -0.2) is 4.79 Å². The molecule has 5 heteroatoms. The van der Waals surface area contributed by atoms with Crippen LogP contribution in [0.3, 0.4) is 0 Å². The molecule has 0 N–H and O–H groups in total. The van der Waals surface area contributed by atoms with Gasteiger partial charge in [-0.15, -0.1) is 0 Å². The second-order valence-electron chi connectivity index (χ2n) is 6.89. The Bertz CT molecular complexity index is 719. The van der Waals surface area contributed by atoms with Crippen LogP contribution in [-0.4, -0.2) is 17.5 Å². The fourth-order valence-electron chi connectivity index (χ4n) is 3.43. The number of rotatable bonds is 7. The number of carbonyl (C=O) groups is 3. The van der Waals surface area contributed by atoms with Crippen LogP contribution in [-0.2, 0) is 20.9 Å². The van der Waals surface area contributed by atoms with E-state index in [1.54, 1.807) is 19.9 Å². The van der Waals surface area contributed by atoms with Crippen molar-refractivity contribution >= 4 is 17.5 Å². The minimum absolute atomic E-state index is 0.0972. The first-order chi connectivity index (χ1) is 11.8. The standard InChI is InChI=1S/C20H26O5/c1-6-17(22)25-24-16-10-15-11-20(7-2,9-8-12(3)21)19(23)18(15)14(5)13(16)4/h10H,6-9,11H2,1-5H3. The maximum absolute atomic E-state index is 13.1. The highest BCUT2D eigenvalue weighted by molar-refractivity contribution is 6.06. The lowest BCUT2D eigenvalue weighted by Gasteiger charge is -2.25. The molecule has 0 bridgehead atoms. The van der Waals surface area contributed by atoms with Gasteiger partial charge in [0.05, 0.1) is 0 Å². The molecule has 1 aromatic carbocycles. The van der Waals surface area contributed by atoms with Crippen LogP contribution in [0.15, 0.2) is 6.07 Å². The predicted octanol–water partition coefficient (Wildman–Crippen LogP) is 4.05. The summed E-state index contributed by atoms with van der Waals surface area (Å²) in [5.41, 5.74) is 2.75. The van der Waals surface area contributed by atoms with Gasteiger partial charge in [-0.1, -0.05) is 13.8 Å². The first-order valence-electron chi connectivity index (χ1n) is 8.80. The largest absolute Gasteiger partial charge is 0.355 e. The second-order valence-corrected chi connectivity index (χ2v) is 6.89. The first-order valence-corrected chi connectivity index (χ1v) is 8.80. The fraction of sp³-hybridized carbons (Fsp3) is 0.550. The van der Waals surface area contributed by atoms with Gasteiger partial charge < -0.3 is 4.79 Å². The van der Waals surface area contributed by atoms with Gasteiger partial charge in [0.1, 0.15) is 5.78 Å². The van der Waals surface area contributed by atoms with Gasteiger partial charge in [0.15, 0.2) is 11.5 Å². The molecule has 25 heavy (non-hydrogen) atoms. The van der Waals surface area contributed by atoms with Crippen molar-refractivity contribution in [3.63, 3.8) is 0 Å². The molecule has 0 heterocycles. The summed E-state index contributed by atoms with van der Waals surface area (Å²) >= 11 is 0. The van der Waals surface area contributed by atoms with Crippen molar-refractivity contribution in [3.8, 4) is 5.75 Å². The smallest absolute Gasteiger partial charge is 0.300 e. The van der Waals surface area contributed by atoms with Crippen LogP contribution in [0, 0.1) is 19.3 Å². The second kappa shape index (κ2) is 7.38. The number of benzene rings is 1. The van der Waals surface area contributed by atoms with Crippen molar-refractivity contribution < 1.29 is 24.2 Å². The molecule has 2 rings (SSSR count). The molecule has 0 saturated carbocycles. The minimum atomic E-state index is -0.524. The van der Waals surface area contributed by atoms with E-state index in [1.165, 1.54) is 0 Å². The Balaban J connectivity index is 2.37. The summed E-state index contributed by atoms with van der Waals surface area (Å²) in [6.45, 7) is 8.97. The van der Waals surface area contributed by atoms with Crippen LogP contribution in [0.1, 0.15) is 73.5 Å². The maximum Gasteiger partial charge on any atom is 0.355 e. The van der Waals surface area contributed by atoms with Gasteiger partial charge >= 0.3 is 5.97 Å². The van der Waals surface area contributed by atoms with Gasteiger partial charge in [-0.05, 0) is 62.8 Å². The number of hydrogen-bond donors (Lipinski definition) is 0. The molecule has 1 aliphatic carbocycles. The molecule has 0 aromatic heterocycles. The summed E-state index contributed by atoms with van der Waals surface area (Å²) in [6.07, 6.45) is 2.47. The SMILES string of the molecule is CCC(=O)OOc1cc2c(c(C)c1C)C(=O)C(CC)(CCC(C)=O)C2. The Kier molecular flexibility index (Phi) is 5.65. The first kappa shape index (κ1) is 19.2. The van der Waals surface area contributed by atoms with E-state index in [-0.39, 0.29) is 18.0 Å². The highest BCUT2D eigenvalue weighted by atomic mass is 17.2. The molecule has 0 radical (unpaired) electrons. The number of hydrogen-bond acceptors (Lipinski definition) is 5. The third kappa shape index (κ3) is 3.60. The number of fused-ring (bicyclic) bond motifs is 1. The normalized spacial score (nSPS) is 18.8. The molecule has 1 unspecified atom stereocenters. The molecule has 0 aliphatic heterocycles. The van der Waals surface area contributed by atoms with E-state index >= 15 is 0 Å². The highest BCUT2D eigenvalue weighted by Gasteiger charge is 2.45. The third-order valence-corrected chi connectivity index (χ3v) is 5.32. The van der Waals surface area contributed by atoms with Crippen molar-refractivity contribution in [2.75, 3.05) is 0 Å². The Morgan fingerprint density at radius 1 is 1.20 bits per heavy atom. The van der Waals surface area contributed by atoms with Gasteiger partial charge in [0.25, 0.3) is 0 Å². The predicted molar refractivity (Wildman–Crippen MR) is 93.6 cm³/mol. The van der Waals surface area contributed by atoms with Gasteiger partial charge in [-0.2, -0.15) is 0 Å². The lowest BCUT2D eigenvalue weighted by molar-refractivity contribution is -0.213. The Morgan fingerprint density at radius 3 is 2.44 bits per heavy atom. The summed E-state index contributed by atoms with van der Waals surface area (Å²) in [5, 5.41) is 0. The molecule has 0 fully saturated rings. The average Bonchev–Trinajstić information content (AvgIpc) is 2.87. The zero-order valence-electron chi connectivity index (χ0n) is 15.7. The third-order valence-electron chi connectivity index (χ3n) is 5.32. The molecular formula is C20H26O5. The number of ketones is 2. The highest BCUT2D eigenvalue weighted by Crippen LogP contribution is 2.46. The molecule has 0 spiro atoms. The Morgan fingerprint density at radius 2 is 1.88 bits per heavy atom. The van der Waals surface area contributed by atoms with Crippen LogP contribution >= 0.6 is 0 Å². The van der Waals surface area contributed by atoms with Crippen molar-refractivity contribution in [3.05, 3.63) is 28.3 Å². The molecule has 1 atom stereocenters. The topological polar surface area (TPSA) is 69.7 Å². The lowest BCUT2D eigenvalue weighted by Crippen LogP contribution is -2.28.